The molecule has 1 heteroatoms. The standard InChI is InChI=1S/C27H40O/c1-18(2)7-6-8-19(3)23-11-12-24-22-10-9-20-17-21(28)13-15-26(20,4)25(22)14-16-27(23,24)5/h6-9,19,21,23-24,28H,10-17H2,1-5H3/b8-6+/t19-,21+,23-,24+,26+,27-/m1/s1. The van der Waals surface area contributed by atoms with Gasteiger partial charge in [0.25, 0.3) is 0 Å². The van der Waals surface area contributed by atoms with E-state index < -0.39 is 0 Å². The first-order valence-electron chi connectivity index (χ1n) is 11.7. The maximum atomic E-state index is 10.2. The summed E-state index contributed by atoms with van der Waals surface area (Å²) in [6.07, 6.45) is 19.0. The zero-order chi connectivity index (χ0) is 20.1. The SMILES string of the molecule is CC(C)=C/C=C/[C@@H](C)[C@H]1CC[C@H]2C3=C(CC[C@]12C)[C@@]1(C)CC[C@H](O)CC1=CC3. The van der Waals surface area contributed by atoms with Gasteiger partial charge in [0, 0.05) is 5.41 Å². The second-order valence-corrected chi connectivity index (χ2v) is 10.9. The topological polar surface area (TPSA) is 20.2 Å². The smallest absolute Gasteiger partial charge is 0.0578 e. The van der Waals surface area contributed by atoms with Crippen LogP contribution in [0.15, 0.2) is 46.6 Å². The number of aliphatic hydroxyl groups excluding tert-OH is 1. The second kappa shape index (κ2) is 7.31. The fourth-order valence-electron chi connectivity index (χ4n) is 7.36. The lowest BCUT2D eigenvalue weighted by Crippen LogP contribution is -2.41. The summed E-state index contributed by atoms with van der Waals surface area (Å²) >= 11 is 0. The predicted octanol–water partition coefficient (Wildman–Crippen LogP) is 7.15. The van der Waals surface area contributed by atoms with Crippen LogP contribution in [-0.2, 0) is 0 Å². The number of rotatable bonds is 3. The van der Waals surface area contributed by atoms with Crippen LogP contribution in [0, 0.1) is 28.6 Å². The van der Waals surface area contributed by atoms with Gasteiger partial charge in [-0.3, -0.25) is 0 Å². The first kappa shape index (κ1) is 20.2. The molecule has 4 aliphatic rings. The van der Waals surface area contributed by atoms with Gasteiger partial charge in [0.15, 0.2) is 0 Å². The molecule has 0 unspecified atom stereocenters. The molecule has 28 heavy (non-hydrogen) atoms. The van der Waals surface area contributed by atoms with Gasteiger partial charge in [-0.2, -0.15) is 0 Å². The molecule has 0 heterocycles. The average Bonchev–Trinajstić information content (AvgIpc) is 2.99. The number of aliphatic hydroxyl groups is 1. The molecule has 1 N–H and O–H groups in total. The van der Waals surface area contributed by atoms with Gasteiger partial charge in [0.05, 0.1) is 6.10 Å². The molecule has 0 spiro atoms. The van der Waals surface area contributed by atoms with Crippen LogP contribution in [0.25, 0.3) is 0 Å². The number of allylic oxidation sites excluding steroid dienone is 7. The molecular formula is C27H40O. The van der Waals surface area contributed by atoms with Crippen molar-refractivity contribution in [2.24, 2.45) is 28.6 Å². The first-order chi connectivity index (χ1) is 13.3. The maximum absolute atomic E-state index is 10.2. The van der Waals surface area contributed by atoms with Crippen molar-refractivity contribution in [3.8, 4) is 0 Å². The van der Waals surface area contributed by atoms with E-state index in [0.29, 0.717) is 11.3 Å². The summed E-state index contributed by atoms with van der Waals surface area (Å²) in [5.74, 6) is 2.24. The normalized spacial score (nSPS) is 41.2. The van der Waals surface area contributed by atoms with E-state index >= 15 is 0 Å². The van der Waals surface area contributed by atoms with Crippen molar-refractivity contribution in [1.82, 2.24) is 0 Å². The van der Waals surface area contributed by atoms with Crippen LogP contribution in [0.4, 0.5) is 0 Å². The quantitative estimate of drug-likeness (QED) is 0.407. The van der Waals surface area contributed by atoms with E-state index in [9.17, 15) is 5.11 Å². The maximum Gasteiger partial charge on any atom is 0.0578 e. The Kier molecular flexibility index (Phi) is 5.28. The van der Waals surface area contributed by atoms with E-state index in [2.05, 4.69) is 58.9 Å². The highest BCUT2D eigenvalue weighted by atomic mass is 16.3. The van der Waals surface area contributed by atoms with Gasteiger partial charge >= 0.3 is 0 Å². The molecule has 0 bridgehead atoms. The highest BCUT2D eigenvalue weighted by molar-refractivity contribution is 5.43. The third-order valence-electron chi connectivity index (χ3n) is 8.99. The second-order valence-electron chi connectivity index (χ2n) is 10.9. The Bertz CT molecular complexity index is 746. The summed E-state index contributed by atoms with van der Waals surface area (Å²) in [7, 11) is 0. The summed E-state index contributed by atoms with van der Waals surface area (Å²) in [4.78, 5) is 0. The third kappa shape index (κ3) is 3.18. The molecule has 1 nitrogen and oxygen atoms in total. The Balaban J connectivity index is 1.59. The summed E-state index contributed by atoms with van der Waals surface area (Å²) < 4.78 is 0. The monoisotopic (exact) mass is 380 g/mol. The van der Waals surface area contributed by atoms with Crippen LogP contribution in [-0.4, -0.2) is 11.2 Å². The molecule has 154 valence electrons. The largest absolute Gasteiger partial charge is 0.393 e. The fraction of sp³-hybridized carbons (Fsp3) is 0.704. The van der Waals surface area contributed by atoms with E-state index in [1.165, 1.54) is 31.3 Å². The van der Waals surface area contributed by atoms with Crippen molar-refractivity contribution in [2.75, 3.05) is 0 Å². The Morgan fingerprint density at radius 1 is 1.18 bits per heavy atom. The van der Waals surface area contributed by atoms with E-state index in [4.69, 9.17) is 0 Å². The zero-order valence-electron chi connectivity index (χ0n) is 18.7. The highest BCUT2D eigenvalue weighted by Gasteiger charge is 2.54. The molecule has 0 aromatic rings. The van der Waals surface area contributed by atoms with Crippen molar-refractivity contribution in [1.29, 1.82) is 0 Å². The minimum atomic E-state index is -0.111. The van der Waals surface area contributed by atoms with Gasteiger partial charge < -0.3 is 5.11 Å². The first-order valence-corrected chi connectivity index (χ1v) is 11.7. The average molecular weight is 381 g/mol. The van der Waals surface area contributed by atoms with Crippen molar-refractivity contribution in [3.05, 3.63) is 46.6 Å². The fourth-order valence-corrected chi connectivity index (χ4v) is 7.36. The van der Waals surface area contributed by atoms with Crippen LogP contribution in [0.1, 0.15) is 86.0 Å². The molecule has 0 aromatic carbocycles. The van der Waals surface area contributed by atoms with Crippen LogP contribution < -0.4 is 0 Å². The Morgan fingerprint density at radius 3 is 2.71 bits per heavy atom. The molecule has 0 amide bonds. The summed E-state index contributed by atoms with van der Waals surface area (Å²) in [5, 5.41) is 10.2. The Labute approximate surface area is 172 Å². The summed E-state index contributed by atoms with van der Waals surface area (Å²) in [6.45, 7) is 11.9. The van der Waals surface area contributed by atoms with E-state index in [0.717, 1.165) is 37.5 Å². The third-order valence-corrected chi connectivity index (χ3v) is 8.99. The molecule has 6 atom stereocenters. The van der Waals surface area contributed by atoms with Gasteiger partial charge in [-0.05, 0) is 88.4 Å². The number of fused-ring (bicyclic) bond motifs is 4. The van der Waals surface area contributed by atoms with E-state index in [1.807, 2.05) is 0 Å². The Hall–Kier alpha value is -1.08. The Morgan fingerprint density at radius 2 is 1.96 bits per heavy atom. The van der Waals surface area contributed by atoms with E-state index in [1.54, 1.807) is 16.7 Å². The number of hydrogen-bond acceptors (Lipinski definition) is 1. The van der Waals surface area contributed by atoms with Gasteiger partial charge in [0.2, 0.25) is 0 Å². The zero-order valence-corrected chi connectivity index (χ0v) is 18.7. The van der Waals surface area contributed by atoms with Crippen molar-refractivity contribution in [2.45, 2.75) is 92.1 Å². The molecule has 0 radical (unpaired) electrons. The minimum Gasteiger partial charge on any atom is -0.393 e. The van der Waals surface area contributed by atoms with Gasteiger partial charge in [-0.25, -0.2) is 0 Å². The highest BCUT2D eigenvalue weighted by Crippen LogP contribution is 2.64. The predicted molar refractivity (Wildman–Crippen MR) is 119 cm³/mol. The van der Waals surface area contributed by atoms with Crippen molar-refractivity contribution < 1.29 is 5.11 Å². The van der Waals surface area contributed by atoms with E-state index in [-0.39, 0.29) is 11.5 Å². The van der Waals surface area contributed by atoms with Crippen LogP contribution in [0.2, 0.25) is 0 Å². The van der Waals surface area contributed by atoms with Gasteiger partial charge in [0.1, 0.15) is 0 Å². The molecule has 4 aliphatic carbocycles. The summed E-state index contributed by atoms with van der Waals surface area (Å²) in [6, 6.07) is 0. The lowest BCUT2D eigenvalue weighted by molar-refractivity contribution is 0.0972. The van der Waals surface area contributed by atoms with Gasteiger partial charge in [-0.1, -0.05) is 67.4 Å². The molecular weight excluding hydrogens is 340 g/mol. The van der Waals surface area contributed by atoms with Crippen LogP contribution >= 0.6 is 0 Å². The molecule has 0 aromatic heterocycles. The molecule has 4 rings (SSSR count). The van der Waals surface area contributed by atoms with Gasteiger partial charge in [-0.15, -0.1) is 0 Å². The molecule has 2 fully saturated rings. The molecule has 0 aliphatic heterocycles. The van der Waals surface area contributed by atoms with Crippen LogP contribution in [0.3, 0.4) is 0 Å². The minimum absolute atomic E-state index is 0.111. The lowest BCUT2D eigenvalue weighted by atomic mass is 9.53. The number of hydrogen-bond donors (Lipinski definition) is 1. The van der Waals surface area contributed by atoms with Crippen LogP contribution in [0.5, 0.6) is 0 Å². The lowest BCUT2D eigenvalue weighted by Gasteiger charge is -2.52. The molecule has 2 saturated carbocycles. The summed E-state index contributed by atoms with van der Waals surface area (Å²) in [5.41, 5.74) is 7.22. The molecule has 0 saturated heterocycles. The van der Waals surface area contributed by atoms with Crippen molar-refractivity contribution >= 4 is 0 Å². The van der Waals surface area contributed by atoms with Crippen molar-refractivity contribution in [3.63, 3.8) is 0 Å².